The van der Waals surface area contributed by atoms with Crippen LogP contribution in [0.3, 0.4) is 0 Å². The van der Waals surface area contributed by atoms with Crippen LogP contribution in [0.5, 0.6) is 0 Å². The quantitative estimate of drug-likeness (QED) is 0.629. The van der Waals surface area contributed by atoms with Gasteiger partial charge in [0, 0.05) is 23.9 Å². The molecule has 1 saturated carbocycles. The average Bonchev–Trinajstić information content (AvgIpc) is 2.89. The fourth-order valence-corrected chi connectivity index (χ4v) is 2.26. The maximum atomic E-state index is 11.7. The number of non-ortho nitro benzene ring substituents is 1. The van der Waals surface area contributed by atoms with E-state index in [2.05, 4.69) is 10.6 Å². The number of benzene rings is 1. The molecular formula is C13H17N3O3. The van der Waals surface area contributed by atoms with E-state index >= 15 is 0 Å². The molecule has 2 rings (SSSR count). The first-order chi connectivity index (χ1) is 9.15. The minimum Gasteiger partial charge on any atom is -0.376 e. The molecule has 2 N–H and O–H groups in total. The number of nitrogens with zero attached hydrogens (tertiary/aromatic N) is 1. The molecule has 0 heterocycles. The van der Waals surface area contributed by atoms with Gasteiger partial charge < -0.3 is 10.6 Å². The Bertz CT molecular complexity index is 470. The topological polar surface area (TPSA) is 84.3 Å². The van der Waals surface area contributed by atoms with Crippen LogP contribution < -0.4 is 10.6 Å². The molecule has 0 aliphatic heterocycles. The molecule has 0 unspecified atom stereocenters. The Morgan fingerprint density at radius 2 is 2.11 bits per heavy atom. The van der Waals surface area contributed by atoms with Crippen molar-refractivity contribution in [2.45, 2.75) is 31.7 Å². The Labute approximate surface area is 111 Å². The average molecular weight is 263 g/mol. The summed E-state index contributed by atoms with van der Waals surface area (Å²) in [6, 6.07) is 6.43. The van der Waals surface area contributed by atoms with Gasteiger partial charge in [0.2, 0.25) is 5.91 Å². The number of nitro groups is 1. The Kier molecular flexibility index (Phi) is 4.33. The summed E-state index contributed by atoms with van der Waals surface area (Å²) in [5, 5.41) is 16.5. The molecule has 1 aromatic carbocycles. The summed E-state index contributed by atoms with van der Waals surface area (Å²) in [6.07, 6.45) is 4.43. The maximum absolute atomic E-state index is 11.7. The third-order valence-electron chi connectivity index (χ3n) is 3.23. The molecule has 6 heteroatoms. The summed E-state index contributed by atoms with van der Waals surface area (Å²) in [4.78, 5) is 21.8. The predicted octanol–water partition coefficient (Wildman–Crippen LogP) is 2.07. The van der Waals surface area contributed by atoms with Gasteiger partial charge in [0.15, 0.2) is 0 Å². The molecule has 1 aromatic rings. The number of hydrogen-bond acceptors (Lipinski definition) is 4. The van der Waals surface area contributed by atoms with Crippen molar-refractivity contribution in [3.63, 3.8) is 0 Å². The number of nitrogens with one attached hydrogen (secondary N) is 2. The van der Waals surface area contributed by atoms with Gasteiger partial charge in [-0.1, -0.05) is 18.9 Å². The molecule has 0 bridgehead atoms. The Morgan fingerprint density at radius 3 is 2.79 bits per heavy atom. The summed E-state index contributed by atoms with van der Waals surface area (Å²) in [6.45, 7) is 0.137. The van der Waals surface area contributed by atoms with Gasteiger partial charge in [-0.25, -0.2) is 0 Å². The van der Waals surface area contributed by atoms with Crippen LogP contribution in [0.2, 0.25) is 0 Å². The van der Waals surface area contributed by atoms with Crippen molar-refractivity contribution in [3.05, 3.63) is 34.4 Å². The highest BCUT2D eigenvalue weighted by atomic mass is 16.6. The highest BCUT2D eigenvalue weighted by Crippen LogP contribution is 2.18. The third kappa shape index (κ3) is 3.94. The van der Waals surface area contributed by atoms with E-state index < -0.39 is 4.92 Å². The smallest absolute Gasteiger partial charge is 0.271 e. The molecule has 0 atom stereocenters. The minimum absolute atomic E-state index is 0.0150. The monoisotopic (exact) mass is 263 g/mol. The van der Waals surface area contributed by atoms with Gasteiger partial charge in [0.25, 0.3) is 5.69 Å². The van der Waals surface area contributed by atoms with E-state index in [0.29, 0.717) is 11.7 Å². The summed E-state index contributed by atoms with van der Waals surface area (Å²) < 4.78 is 0. The van der Waals surface area contributed by atoms with Crippen molar-refractivity contribution < 1.29 is 9.72 Å². The molecule has 0 saturated heterocycles. The van der Waals surface area contributed by atoms with Gasteiger partial charge in [-0.3, -0.25) is 14.9 Å². The Morgan fingerprint density at radius 1 is 1.37 bits per heavy atom. The maximum Gasteiger partial charge on any atom is 0.271 e. The van der Waals surface area contributed by atoms with Gasteiger partial charge in [-0.2, -0.15) is 0 Å². The van der Waals surface area contributed by atoms with E-state index in [9.17, 15) is 14.9 Å². The zero-order valence-electron chi connectivity index (χ0n) is 10.6. The van der Waals surface area contributed by atoms with Crippen molar-refractivity contribution in [2.24, 2.45) is 0 Å². The fraction of sp³-hybridized carbons (Fsp3) is 0.462. The molecule has 0 aromatic heterocycles. The van der Waals surface area contributed by atoms with Crippen LogP contribution in [0.15, 0.2) is 24.3 Å². The number of nitro benzene ring substituents is 1. The standard InChI is InChI=1S/C13H17N3O3/c17-13(15-10-4-1-2-5-10)9-14-11-6-3-7-12(8-11)16(18)19/h3,6-8,10,14H,1-2,4-5,9H2,(H,15,17). The number of carbonyl (C=O) groups is 1. The van der Waals surface area contributed by atoms with E-state index in [1.54, 1.807) is 12.1 Å². The molecule has 1 aliphatic carbocycles. The number of rotatable bonds is 5. The molecular weight excluding hydrogens is 246 g/mol. The highest BCUT2D eigenvalue weighted by molar-refractivity contribution is 5.81. The lowest BCUT2D eigenvalue weighted by Gasteiger charge is -2.12. The number of anilines is 1. The van der Waals surface area contributed by atoms with Crippen molar-refractivity contribution >= 4 is 17.3 Å². The van der Waals surface area contributed by atoms with E-state index in [4.69, 9.17) is 0 Å². The first-order valence-electron chi connectivity index (χ1n) is 6.43. The summed E-state index contributed by atoms with van der Waals surface area (Å²) in [7, 11) is 0. The summed E-state index contributed by atoms with van der Waals surface area (Å²) in [5.41, 5.74) is 0.594. The summed E-state index contributed by atoms with van der Waals surface area (Å²) in [5.74, 6) is -0.0709. The van der Waals surface area contributed by atoms with E-state index in [-0.39, 0.29) is 18.1 Å². The normalized spacial score (nSPS) is 15.2. The number of hydrogen-bond donors (Lipinski definition) is 2. The first-order valence-corrected chi connectivity index (χ1v) is 6.43. The lowest BCUT2D eigenvalue weighted by Crippen LogP contribution is -2.36. The van der Waals surface area contributed by atoms with E-state index in [1.807, 2.05) is 0 Å². The van der Waals surface area contributed by atoms with Crippen molar-refractivity contribution in [3.8, 4) is 0 Å². The predicted molar refractivity (Wildman–Crippen MR) is 72.0 cm³/mol. The van der Waals surface area contributed by atoms with Crippen LogP contribution in [-0.2, 0) is 4.79 Å². The zero-order chi connectivity index (χ0) is 13.7. The lowest BCUT2D eigenvalue weighted by atomic mass is 10.2. The van der Waals surface area contributed by atoms with Crippen LogP contribution in [-0.4, -0.2) is 23.4 Å². The van der Waals surface area contributed by atoms with Crippen LogP contribution in [0.4, 0.5) is 11.4 Å². The molecule has 1 amide bonds. The number of amides is 1. The van der Waals surface area contributed by atoms with Crippen LogP contribution in [0.1, 0.15) is 25.7 Å². The van der Waals surface area contributed by atoms with Crippen LogP contribution >= 0.6 is 0 Å². The number of carbonyl (C=O) groups excluding carboxylic acids is 1. The lowest BCUT2D eigenvalue weighted by molar-refractivity contribution is -0.384. The molecule has 102 valence electrons. The minimum atomic E-state index is -0.455. The van der Waals surface area contributed by atoms with Crippen molar-refractivity contribution in [2.75, 3.05) is 11.9 Å². The molecule has 0 radical (unpaired) electrons. The van der Waals surface area contributed by atoms with E-state index in [1.165, 1.54) is 25.0 Å². The van der Waals surface area contributed by atoms with Crippen molar-refractivity contribution in [1.82, 2.24) is 5.32 Å². The second kappa shape index (κ2) is 6.17. The molecule has 1 aliphatic rings. The van der Waals surface area contributed by atoms with Gasteiger partial charge in [-0.15, -0.1) is 0 Å². The molecule has 19 heavy (non-hydrogen) atoms. The van der Waals surface area contributed by atoms with Gasteiger partial charge in [-0.05, 0) is 18.9 Å². The van der Waals surface area contributed by atoms with Gasteiger partial charge in [0.05, 0.1) is 11.5 Å². The largest absolute Gasteiger partial charge is 0.376 e. The van der Waals surface area contributed by atoms with Crippen LogP contribution in [0.25, 0.3) is 0 Å². The van der Waals surface area contributed by atoms with Gasteiger partial charge >= 0.3 is 0 Å². The second-order valence-electron chi connectivity index (χ2n) is 4.71. The second-order valence-corrected chi connectivity index (χ2v) is 4.71. The first kappa shape index (κ1) is 13.3. The SMILES string of the molecule is O=C(CNc1cccc([N+](=O)[O-])c1)NC1CCCC1. The third-order valence-corrected chi connectivity index (χ3v) is 3.23. The zero-order valence-corrected chi connectivity index (χ0v) is 10.6. The fourth-order valence-electron chi connectivity index (χ4n) is 2.26. The highest BCUT2D eigenvalue weighted by Gasteiger charge is 2.16. The molecule has 0 spiro atoms. The molecule has 6 nitrogen and oxygen atoms in total. The van der Waals surface area contributed by atoms with Gasteiger partial charge in [0.1, 0.15) is 0 Å². The molecule has 1 fully saturated rings. The Hall–Kier alpha value is -2.11. The Balaban J connectivity index is 1.82. The van der Waals surface area contributed by atoms with E-state index in [0.717, 1.165) is 12.8 Å². The van der Waals surface area contributed by atoms with Crippen LogP contribution in [0, 0.1) is 10.1 Å². The van der Waals surface area contributed by atoms with Crippen molar-refractivity contribution in [1.29, 1.82) is 0 Å². The summed E-state index contributed by atoms with van der Waals surface area (Å²) >= 11 is 0.